The topological polar surface area (TPSA) is 70.1 Å². The summed E-state index contributed by atoms with van der Waals surface area (Å²) in [5.74, 6) is -0.914. The Morgan fingerprint density at radius 3 is 2.71 bits per heavy atom. The molecule has 0 saturated carbocycles. The second-order valence-electron chi connectivity index (χ2n) is 5.96. The molecule has 1 saturated heterocycles. The van der Waals surface area contributed by atoms with Crippen LogP contribution in [0.5, 0.6) is 0 Å². The van der Waals surface area contributed by atoms with E-state index in [0.717, 1.165) is 19.3 Å². The zero-order valence-electron chi connectivity index (χ0n) is 12.8. The SMILES string of the molecule is COCC1=CCN(C(=O)N2CCCCC2(C)C(=O)O)CC1. The normalized spacial score (nSPS) is 26.5. The van der Waals surface area contributed by atoms with Gasteiger partial charge in [0.2, 0.25) is 0 Å². The molecule has 0 aromatic rings. The van der Waals surface area contributed by atoms with Gasteiger partial charge in [-0.2, -0.15) is 0 Å². The first kappa shape index (κ1) is 15.8. The van der Waals surface area contributed by atoms with E-state index in [-0.39, 0.29) is 6.03 Å². The highest BCUT2D eigenvalue weighted by atomic mass is 16.5. The Kier molecular flexibility index (Phi) is 4.88. The fourth-order valence-corrected chi connectivity index (χ4v) is 3.02. The fraction of sp³-hybridized carbons (Fsp3) is 0.733. The summed E-state index contributed by atoms with van der Waals surface area (Å²) >= 11 is 0. The molecule has 1 unspecified atom stereocenters. The summed E-state index contributed by atoms with van der Waals surface area (Å²) in [5.41, 5.74) is 0.118. The molecule has 0 radical (unpaired) electrons. The molecule has 0 aliphatic carbocycles. The quantitative estimate of drug-likeness (QED) is 0.805. The molecule has 2 amide bonds. The average molecular weight is 296 g/mol. The maximum absolute atomic E-state index is 12.7. The summed E-state index contributed by atoms with van der Waals surface area (Å²) < 4.78 is 5.10. The lowest BCUT2D eigenvalue weighted by atomic mass is 9.88. The van der Waals surface area contributed by atoms with Crippen molar-refractivity contribution >= 4 is 12.0 Å². The number of aliphatic carboxylic acids is 1. The van der Waals surface area contributed by atoms with E-state index in [2.05, 4.69) is 0 Å². The largest absolute Gasteiger partial charge is 0.480 e. The molecular formula is C15H24N2O4. The summed E-state index contributed by atoms with van der Waals surface area (Å²) in [6.45, 7) is 3.93. The van der Waals surface area contributed by atoms with E-state index in [0.29, 0.717) is 32.7 Å². The number of rotatable bonds is 3. The van der Waals surface area contributed by atoms with Gasteiger partial charge < -0.3 is 19.6 Å². The number of ether oxygens (including phenoxy) is 1. The van der Waals surface area contributed by atoms with Gasteiger partial charge in [0.25, 0.3) is 0 Å². The number of urea groups is 1. The van der Waals surface area contributed by atoms with Gasteiger partial charge in [-0.05, 0) is 38.2 Å². The van der Waals surface area contributed by atoms with Gasteiger partial charge in [-0.1, -0.05) is 6.08 Å². The molecule has 0 aromatic heterocycles. The number of hydrogen-bond acceptors (Lipinski definition) is 3. The van der Waals surface area contributed by atoms with Crippen LogP contribution in [-0.4, -0.2) is 65.8 Å². The lowest BCUT2D eigenvalue weighted by Gasteiger charge is -2.44. The zero-order chi connectivity index (χ0) is 15.5. The summed E-state index contributed by atoms with van der Waals surface area (Å²) in [4.78, 5) is 27.5. The molecule has 2 aliphatic heterocycles. The van der Waals surface area contributed by atoms with Crippen molar-refractivity contribution in [2.45, 2.75) is 38.1 Å². The lowest BCUT2D eigenvalue weighted by Crippen LogP contribution is -2.61. The van der Waals surface area contributed by atoms with Crippen molar-refractivity contribution < 1.29 is 19.4 Å². The predicted octanol–water partition coefficient (Wildman–Crippen LogP) is 1.71. The molecule has 6 nitrogen and oxygen atoms in total. The number of likely N-dealkylation sites (tertiary alicyclic amines) is 1. The Labute approximate surface area is 125 Å². The predicted molar refractivity (Wildman–Crippen MR) is 78.1 cm³/mol. The Balaban J connectivity index is 2.07. The lowest BCUT2D eigenvalue weighted by molar-refractivity contribution is -0.150. The number of carbonyl (C=O) groups is 2. The van der Waals surface area contributed by atoms with E-state index in [1.807, 2.05) is 6.08 Å². The van der Waals surface area contributed by atoms with Gasteiger partial charge in [0, 0.05) is 26.7 Å². The van der Waals surface area contributed by atoms with Crippen molar-refractivity contribution in [3.8, 4) is 0 Å². The minimum atomic E-state index is -1.08. The van der Waals surface area contributed by atoms with E-state index >= 15 is 0 Å². The second-order valence-corrected chi connectivity index (χ2v) is 5.96. The summed E-state index contributed by atoms with van der Waals surface area (Å²) in [6, 6.07) is -0.160. The van der Waals surface area contributed by atoms with Crippen LogP contribution in [0.4, 0.5) is 4.79 Å². The number of amides is 2. The molecule has 1 atom stereocenters. The molecule has 1 fully saturated rings. The molecule has 2 heterocycles. The van der Waals surface area contributed by atoms with Crippen molar-refractivity contribution in [2.24, 2.45) is 0 Å². The van der Waals surface area contributed by atoms with Crippen molar-refractivity contribution in [1.82, 2.24) is 9.80 Å². The number of methoxy groups -OCH3 is 1. The molecule has 0 bridgehead atoms. The fourth-order valence-electron chi connectivity index (χ4n) is 3.02. The van der Waals surface area contributed by atoms with Crippen LogP contribution in [0.3, 0.4) is 0 Å². The van der Waals surface area contributed by atoms with Gasteiger partial charge in [-0.3, -0.25) is 0 Å². The molecule has 6 heteroatoms. The van der Waals surface area contributed by atoms with E-state index in [1.54, 1.807) is 18.9 Å². The van der Waals surface area contributed by atoms with Crippen LogP contribution >= 0.6 is 0 Å². The standard InChI is InChI=1S/C15H24N2O4/c1-15(13(18)19)7-3-4-8-17(15)14(20)16-9-5-12(6-10-16)11-21-2/h5H,3-4,6-11H2,1-2H3,(H,18,19). The maximum atomic E-state index is 12.7. The van der Waals surface area contributed by atoms with E-state index < -0.39 is 11.5 Å². The smallest absolute Gasteiger partial charge is 0.329 e. The van der Waals surface area contributed by atoms with Crippen molar-refractivity contribution in [2.75, 3.05) is 33.4 Å². The summed E-state index contributed by atoms with van der Waals surface area (Å²) in [6.07, 6.45) is 5.04. The monoisotopic (exact) mass is 296 g/mol. The Morgan fingerprint density at radius 1 is 1.38 bits per heavy atom. The molecule has 0 aromatic carbocycles. The molecule has 118 valence electrons. The van der Waals surface area contributed by atoms with Crippen LogP contribution < -0.4 is 0 Å². The van der Waals surface area contributed by atoms with Crippen molar-refractivity contribution in [3.05, 3.63) is 11.6 Å². The van der Waals surface area contributed by atoms with Gasteiger partial charge >= 0.3 is 12.0 Å². The zero-order valence-corrected chi connectivity index (χ0v) is 12.8. The van der Waals surface area contributed by atoms with Gasteiger partial charge in [-0.15, -0.1) is 0 Å². The minimum Gasteiger partial charge on any atom is -0.480 e. The molecule has 2 rings (SSSR count). The molecule has 1 N–H and O–H groups in total. The van der Waals surface area contributed by atoms with Crippen LogP contribution in [0, 0.1) is 0 Å². The van der Waals surface area contributed by atoms with Gasteiger partial charge in [0.05, 0.1) is 6.61 Å². The third-order valence-electron chi connectivity index (χ3n) is 4.49. The number of carbonyl (C=O) groups excluding carboxylic acids is 1. The molecule has 0 spiro atoms. The number of nitrogens with zero attached hydrogens (tertiary/aromatic N) is 2. The first-order valence-electron chi connectivity index (χ1n) is 7.46. The van der Waals surface area contributed by atoms with Gasteiger partial charge in [0.15, 0.2) is 0 Å². The number of hydrogen-bond donors (Lipinski definition) is 1. The van der Waals surface area contributed by atoms with Crippen molar-refractivity contribution in [3.63, 3.8) is 0 Å². The average Bonchev–Trinajstić information content (AvgIpc) is 2.48. The van der Waals surface area contributed by atoms with Crippen LogP contribution in [0.2, 0.25) is 0 Å². The van der Waals surface area contributed by atoms with E-state index in [4.69, 9.17) is 4.74 Å². The second kappa shape index (κ2) is 6.47. The first-order valence-corrected chi connectivity index (χ1v) is 7.46. The number of carboxylic acid groups (broad SMARTS) is 1. The highest BCUT2D eigenvalue weighted by Gasteiger charge is 2.45. The van der Waals surface area contributed by atoms with E-state index in [9.17, 15) is 14.7 Å². The minimum absolute atomic E-state index is 0.160. The first-order chi connectivity index (χ1) is 9.99. The number of piperidine rings is 1. The van der Waals surface area contributed by atoms with Gasteiger partial charge in [-0.25, -0.2) is 9.59 Å². The molecular weight excluding hydrogens is 272 g/mol. The van der Waals surface area contributed by atoms with Crippen LogP contribution in [0.15, 0.2) is 11.6 Å². The maximum Gasteiger partial charge on any atom is 0.329 e. The summed E-state index contributed by atoms with van der Waals surface area (Å²) in [5, 5.41) is 9.49. The Bertz CT molecular complexity index is 449. The van der Waals surface area contributed by atoms with E-state index in [1.165, 1.54) is 10.5 Å². The Morgan fingerprint density at radius 2 is 2.14 bits per heavy atom. The molecule has 21 heavy (non-hydrogen) atoms. The number of carboxylic acids is 1. The third kappa shape index (κ3) is 3.20. The third-order valence-corrected chi connectivity index (χ3v) is 4.49. The summed E-state index contributed by atoms with van der Waals surface area (Å²) in [7, 11) is 1.66. The van der Waals surface area contributed by atoms with Crippen LogP contribution in [-0.2, 0) is 9.53 Å². The van der Waals surface area contributed by atoms with Crippen LogP contribution in [0.1, 0.15) is 32.6 Å². The van der Waals surface area contributed by atoms with Crippen LogP contribution in [0.25, 0.3) is 0 Å². The van der Waals surface area contributed by atoms with Crippen molar-refractivity contribution in [1.29, 1.82) is 0 Å². The highest BCUT2D eigenvalue weighted by molar-refractivity contribution is 5.86. The highest BCUT2D eigenvalue weighted by Crippen LogP contribution is 2.29. The molecule has 2 aliphatic rings. The Hall–Kier alpha value is -1.56. The van der Waals surface area contributed by atoms with Gasteiger partial charge in [0.1, 0.15) is 5.54 Å².